The maximum Gasteiger partial charge on any atom is 0.290 e. The molecule has 2 aromatic carbocycles. The van der Waals surface area contributed by atoms with E-state index in [0.29, 0.717) is 17.3 Å². The molecule has 0 saturated carbocycles. The Bertz CT molecular complexity index is 1110. The predicted octanol–water partition coefficient (Wildman–Crippen LogP) is 4.60. The number of pyridine rings is 1. The Morgan fingerprint density at radius 2 is 1.90 bits per heavy atom. The second-order valence-electron chi connectivity index (χ2n) is 6.19. The Morgan fingerprint density at radius 1 is 1.03 bits per heavy atom. The summed E-state index contributed by atoms with van der Waals surface area (Å²) in [5.74, 6) is 0.0545. The molecule has 0 spiro atoms. The number of ether oxygens (including phenoxy) is 1. The van der Waals surface area contributed by atoms with Crippen molar-refractivity contribution in [2.75, 3.05) is 0 Å². The van der Waals surface area contributed by atoms with Crippen LogP contribution in [0.25, 0.3) is 11.3 Å². The lowest BCUT2D eigenvalue weighted by atomic mass is 10.1. The number of hydrogen-bond donors (Lipinski definition) is 1. The van der Waals surface area contributed by atoms with E-state index in [0.717, 1.165) is 11.1 Å². The lowest BCUT2D eigenvalue weighted by molar-refractivity contribution is 0.0914. The number of hydrogen-bond acceptors (Lipinski definition) is 5. The van der Waals surface area contributed by atoms with Gasteiger partial charge in [0.15, 0.2) is 0 Å². The van der Waals surface area contributed by atoms with Gasteiger partial charge in [0.25, 0.3) is 5.91 Å². The fraction of sp³-hybridized carbons (Fsp3) is 0.0455. The molecule has 0 atom stereocenters. The van der Waals surface area contributed by atoms with Crippen LogP contribution in [0.15, 0.2) is 83.5 Å². The van der Waals surface area contributed by atoms with E-state index < -0.39 is 0 Å². The molecule has 29 heavy (non-hydrogen) atoms. The van der Waals surface area contributed by atoms with E-state index >= 15 is 0 Å². The van der Waals surface area contributed by atoms with Gasteiger partial charge in [-0.1, -0.05) is 47.6 Å². The first-order chi connectivity index (χ1) is 14.2. The van der Waals surface area contributed by atoms with Gasteiger partial charge in [-0.25, -0.2) is 9.37 Å². The number of carbonyl (C=O) groups is 1. The first-order valence-corrected chi connectivity index (χ1v) is 8.86. The zero-order valence-corrected chi connectivity index (χ0v) is 15.2. The number of aromatic nitrogens is 2. The molecule has 2 aromatic heterocycles. The van der Waals surface area contributed by atoms with Crippen LogP contribution in [0.5, 0.6) is 11.6 Å². The SMILES string of the molecule is O=C(NCc1ccc(Oc2cccc(F)c2)nc1)c1cc(-c2ccccc2)no1. The smallest absolute Gasteiger partial charge is 0.290 e. The molecule has 6 nitrogen and oxygen atoms in total. The van der Waals surface area contributed by atoms with E-state index in [1.54, 1.807) is 36.5 Å². The zero-order valence-electron chi connectivity index (χ0n) is 15.2. The number of nitrogens with zero attached hydrogens (tertiary/aromatic N) is 2. The van der Waals surface area contributed by atoms with Gasteiger partial charge in [-0.3, -0.25) is 4.79 Å². The standard InChI is InChI=1S/C22H16FN3O3/c23-17-7-4-8-18(11-17)28-21-10-9-15(13-24-21)14-25-22(27)20-12-19(26-29-20)16-5-2-1-3-6-16/h1-13H,14H2,(H,25,27). The normalized spacial score (nSPS) is 10.5. The van der Waals surface area contributed by atoms with Crippen LogP contribution in [0.3, 0.4) is 0 Å². The summed E-state index contributed by atoms with van der Waals surface area (Å²) in [6.07, 6.45) is 1.57. The van der Waals surface area contributed by atoms with Gasteiger partial charge in [0.1, 0.15) is 17.3 Å². The van der Waals surface area contributed by atoms with E-state index in [1.807, 2.05) is 30.3 Å². The molecule has 0 radical (unpaired) electrons. The lowest BCUT2D eigenvalue weighted by Crippen LogP contribution is -2.22. The third-order valence-electron chi connectivity index (χ3n) is 4.07. The molecule has 1 N–H and O–H groups in total. The van der Waals surface area contributed by atoms with Gasteiger partial charge in [0.05, 0.1) is 0 Å². The number of halogens is 1. The number of amides is 1. The average molecular weight is 389 g/mol. The Kier molecular flexibility index (Phi) is 5.29. The summed E-state index contributed by atoms with van der Waals surface area (Å²) in [7, 11) is 0. The zero-order chi connectivity index (χ0) is 20.1. The minimum Gasteiger partial charge on any atom is -0.439 e. The Morgan fingerprint density at radius 3 is 2.66 bits per heavy atom. The highest BCUT2D eigenvalue weighted by Gasteiger charge is 2.13. The van der Waals surface area contributed by atoms with Crippen molar-refractivity contribution in [2.24, 2.45) is 0 Å². The fourth-order valence-corrected chi connectivity index (χ4v) is 2.62. The molecule has 0 aliphatic heterocycles. The van der Waals surface area contributed by atoms with Crippen LogP contribution >= 0.6 is 0 Å². The Balaban J connectivity index is 1.34. The summed E-state index contributed by atoms with van der Waals surface area (Å²) in [5.41, 5.74) is 2.23. The van der Waals surface area contributed by atoms with Crippen molar-refractivity contribution in [3.05, 3.63) is 96.1 Å². The number of nitrogens with one attached hydrogen (secondary N) is 1. The van der Waals surface area contributed by atoms with Crippen molar-refractivity contribution in [2.45, 2.75) is 6.54 Å². The van der Waals surface area contributed by atoms with Crippen LogP contribution in [0.1, 0.15) is 16.1 Å². The second-order valence-corrected chi connectivity index (χ2v) is 6.19. The van der Waals surface area contributed by atoms with Crippen LogP contribution in [0.4, 0.5) is 4.39 Å². The predicted molar refractivity (Wildman–Crippen MR) is 104 cm³/mol. The monoisotopic (exact) mass is 389 g/mol. The first kappa shape index (κ1) is 18.4. The largest absolute Gasteiger partial charge is 0.439 e. The van der Waals surface area contributed by atoms with Crippen LogP contribution in [-0.4, -0.2) is 16.0 Å². The molecule has 7 heteroatoms. The van der Waals surface area contributed by atoms with Gasteiger partial charge in [-0.05, 0) is 17.7 Å². The Hall–Kier alpha value is -4.00. The van der Waals surface area contributed by atoms with Gasteiger partial charge in [0, 0.05) is 36.5 Å². The van der Waals surface area contributed by atoms with Crippen molar-refractivity contribution in [1.82, 2.24) is 15.5 Å². The first-order valence-electron chi connectivity index (χ1n) is 8.86. The third-order valence-corrected chi connectivity index (χ3v) is 4.07. The molecule has 0 bridgehead atoms. The molecule has 0 unspecified atom stereocenters. The second kappa shape index (κ2) is 8.35. The third kappa shape index (κ3) is 4.65. The maximum absolute atomic E-state index is 13.2. The van der Waals surface area contributed by atoms with Crippen molar-refractivity contribution in [3.63, 3.8) is 0 Å². The van der Waals surface area contributed by atoms with Gasteiger partial charge in [0.2, 0.25) is 11.6 Å². The van der Waals surface area contributed by atoms with Crippen LogP contribution in [0, 0.1) is 5.82 Å². The van der Waals surface area contributed by atoms with Gasteiger partial charge in [-0.2, -0.15) is 0 Å². The molecule has 2 heterocycles. The molecule has 0 saturated heterocycles. The molecular weight excluding hydrogens is 373 g/mol. The van der Waals surface area contributed by atoms with Crippen molar-refractivity contribution in [1.29, 1.82) is 0 Å². The van der Waals surface area contributed by atoms with E-state index in [1.165, 1.54) is 12.1 Å². The summed E-state index contributed by atoms with van der Waals surface area (Å²) in [5, 5.41) is 6.68. The topological polar surface area (TPSA) is 77.2 Å². The minimum absolute atomic E-state index is 0.128. The molecule has 0 aliphatic carbocycles. The fourth-order valence-electron chi connectivity index (χ4n) is 2.62. The number of benzene rings is 2. The summed E-state index contributed by atoms with van der Waals surface area (Å²) < 4.78 is 23.8. The van der Waals surface area contributed by atoms with Gasteiger partial charge >= 0.3 is 0 Å². The van der Waals surface area contributed by atoms with Crippen LogP contribution in [0.2, 0.25) is 0 Å². The highest BCUT2D eigenvalue weighted by Crippen LogP contribution is 2.20. The van der Waals surface area contributed by atoms with E-state index in [4.69, 9.17) is 9.26 Å². The summed E-state index contributed by atoms with van der Waals surface area (Å²) in [6.45, 7) is 0.257. The van der Waals surface area contributed by atoms with Crippen molar-refractivity contribution in [3.8, 4) is 22.9 Å². The summed E-state index contributed by atoms with van der Waals surface area (Å²) in [4.78, 5) is 16.4. The van der Waals surface area contributed by atoms with E-state index in [2.05, 4.69) is 15.5 Å². The average Bonchev–Trinajstić information content (AvgIpc) is 3.24. The maximum atomic E-state index is 13.2. The Labute approximate surface area is 166 Å². The summed E-state index contributed by atoms with van der Waals surface area (Å²) >= 11 is 0. The summed E-state index contributed by atoms with van der Waals surface area (Å²) in [6, 6.07) is 20.3. The number of carbonyl (C=O) groups excluding carboxylic acids is 1. The number of rotatable bonds is 6. The minimum atomic E-state index is -0.385. The molecule has 144 valence electrons. The molecule has 0 aliphatic rings. The molecule has 0 fully saturated rings. The van der Waals surface area contributed by atoms with Crippen LogP contribution < -0.4 is 10.1 Å². The lowest BCUT2D eigenvalue weighted by Gasteiger charge is -2.06. The van der Waals surface area contributed by atoms with Crippen molar-refractivity contribution >= 4 is 5.91 Å². The van der Waals surface area contributed by atoms with E-state index in [-0.39, 0.29) is 24.0 Å². The van der Waals surface area contributed by atoms with Gasteiger partial charge in [-0.15, -0.1) is 0 Å². The molecule has 1 amide bonds. The highest BCUT2D eigenvalue weighted by molar-refractivity contribution is 5.92. The quantitative estimate of drug-likeness (QED) is 0.522. The molecule has 4 rings (SSSR count). The highest BCUT2D eigenvalue weighted by atomic mass is 19.1. The van der Waals surface area contributed by atoms with Crippen LogP contribution in [-0.2, 0) is 6.54 Å². The van der Waals surface area contributed by atoms with Gasteiger partial charge < -0.3 is 14.6 Å². The van der Waals surface area contributed by atoms with Crippen molar-refractivity contribution < 1.29 is 18.4 Å². The molecular formula is C22H16FN3O3. The van der Waals surface area contributed by atoms with E-state index in [9.17, 15) is 9.18 Å². The molecule has 4 aromatic rings.